The number of carbonyl (C=O) groups excluding carboxylic acids is 1. The predicted molar refractivity (Wildman–Crippen MR) is 92.6 cm³/mol. The summed E-state index contributed by atoms with van der Waals surface area (Å²) in [4.78, 5) is 16.8. The van der Waals surface area contributed by atoms with E-state index in [-0.39, 0.29) is 5.91 Å². The Morgan fingerprint density at radius 3 is 2.62 bits per heavy atom. The van der Waals surface area contributed by atoms with E-state index < -0.39 is 6.10 Å². The molecular formula is C18H28N2O4. The average molecular weight is 336 g/mol. The third-order valence-electron chi connectivity index (χ3n) is 4.23. The minimum atomic E-state index is -0.482. The summed E-state index contributed by atoms with van der Waals surface area (Å²) >= 11 is 0. The van der Waals surface area contributed by atoms with Gasteiger partial charge in [0.25, 0.3) is 5.91 Å². The Hall–Kier alpha value is -1.63. The third-order valence-corrected chi connectivity index (χ3v) is 4.23. The lowest BCUT2D eigenvalue weighted by Gasteiger charge is -2.35. The van der Waals surface area contributed by atoms with Crippen molar-refractivity contribution in [2.45, 2.75) is 20.0 Å². The molecule has 1 aromatic rings. The SMILES string of the molecule is CCOCC(O)CN1CCN(C(=O)c2cc(C)ccc2OC)CC1. The van der Waals surface area contributed by atoms with Crippen LogP contribution in [-0.4, -0.2) is 80.0 Å². The molecule has 0 radical (unpaired) electrons. The summed E-state index contributed by atoms with van der Waals surface area (Å²) in [7, 11) is 1.58. The van der Waals surface area contributed by atoms with Gasteiger partial charge in [-0.25, -0.2) is 0 Å². The molecule has 1 fully saturated rings. The van der Waals surface area contributed by atoms with Gasteiger partial charge >= 0.3 is 0 Å². The number of rotatable bonds is 7. The molecular weight excluding hydrogens is 308 g/mol. The Balaban J connectivity index is 1.90. The van der Waals surface area contributed by atoms with Gasteiger partial charge in [-0.3, -0.25) is 9.69 Å². The van der Waals surface area contributed by atoms with Crippen molar-refractivity contribution in [3.63, 3.8) is 0 Å². The minimum Gasteiger partial charge on any atom is -0.496 e. The number of aliphatic hydroxyl groups is 1. The zero-order valence-corrected chi connectivity index (χ0v) is 14.8. The molecule has 1 saturated heterocycles. The number of ether oxygens (including phenoxy) is 2. The van der Waals surface area contributed by atoms with E-state index in [0.29, 0.717) is 44.2 Å². The normalized spacial score (nSPS) is 16.9. The molecule has 0 saturated carbocycles. The summed E-state index contributed by atoms with van der Waals surface area (Å²) in [5, 5.41) is 9.92. The first-order valence-corrected chi connectivity index (χ1v) is 8.47. The molecule has 1 unspecified atom stereocenters. The van der Waals surface area contributed by atoms with Crippen molar-refractivity contribution in [3.8, 4) is 5.75 Å². The fourth-order valence-corrected chi connectivity index (χ4v) is 2.90. The maximum atomic E-state index is 12.8. The Morgan fingerprint density at radius 2 is 2.00 bits per heavy atom. The fraction of sp³-hybridized carbons (Fsp3) is 0.611. The molecule has 1 heterocycles. The first-order chi connectivity index (χ1) is 11.5. The molecule has 0 spiro atoms. The van der Waals surface area contributed by atoms with Crippen LogP contribution >= 0.6 is 0 Å². The molecule has 1 atom stereocenters. The van der Waals surface area contributed by atoms with Gasteiger partial charge < -0.3 is 19.5 Å². The number of piperazine rings is 1. The molecule has 24 heavy (non-hydrogen) atoms. The van der Waals surface area contributed by atoms with Gasteiger partial charge in [-0.15, -0.1) is 0 Å². The topological polar surface area (TPSA) is 62.2 Å². The molecule has 0 bridgehead atoms. The highest BCUT2D eigenvalue weighted by atomic mass is 16.5. The second kappa shape index (κ2) is 9.01. The van der Waals surface area contributed by atoms with E-state index >= 15 is 0 Å². The monoisotopic (exact) mass is 336 g/mol. The van der Waals surface area contributed by atoms with E-state index in [1.807, 2.05) is 36.9 Å². The zero-order chi connectivity index (χ0) is 17.5. The van der Waals surface area contributed by atoms with E-state index in [1.165, 1.54) is 0 Å². The lowest BCUT2D eigenvalue weighted by molar-refractivity contribution is 0.0111. The van der Waals surface area contributed by atoms with E-state index in [0.717, 1.165) is 18.7 Å². The maximum absolute atomic E-state index is 12.8. The number of β-amino-alcohol motifs (C(OH)–C–C–N with tert-alkyl or cyclic N) is 1. The molecule has 1 amide bonds. The van der Waals surface area contributed by atoms with Gasteiger partial charge in [0.05, 0.1) is 25.4 Å². The first-order valence-electron chi connectivity index (χ1n) is 8.47. The van der Waals surface area contributed by atoms with Crippen LogP contribution in [0.3, 0.4) is 0 Å². The molecule has 6 heteroatoms. The van der Waals surface area contributed by atoms with Crippen LogP contribution < -0.4 is 4.74 Å². The number of amides is 1. The highest BCUT2D eigenvalue weighted by Crippen LogP contribution is 2.22. The number of methoxy groups -OCH3 is 1. The average Bonchev–Trinajstić information content (AvgIpc) is 2.60. The Labute approximate surface area is 144 Å². The summed E-state index contributed by atoms with van der Waals surface area (Å²) < 4.78 is 10.6. The highest BCUT2D eigenvalue weighted by molar-refractivity contribution is 5.97. The molecule has 6 nitrogen and oxygen atoms in total. The van der Waals surface area contributed by atoms with Gasteiger partial charge in [0.2, 0.25) is 0 Å². The second-order valence-corrected chi connectivity index (χ2v) is 6.11. The summed E-state index contributed by atoms with van der Waals surface area (Å²) in [6, 6.07) is 5.65. The molecule has 1 aliphatic heterocycles. The van der Waals surface area contributed by atoms with E-state index in [9.17, 15) is 9.90 Å². The quantitative estimate of drug-likeness (QED) is 0.810. The van der Waals surface area contributed by atoms with Crippen molar-refractivity contribution in [1.82, 2.24) is 9.80 Å². The largest absolute Gasteiger partial charge is 0.496 e. The van der Waals surface area contributed by atoms with Crippen LogP contribution in [0.1, 0.15) is 22.8 Å². The number of carbonyl (C=O) groups is 1. The Bertz CT molecular complexity index is 542. The molecule has 0 aliphatic carbocycles. The third kappa shape index (κ3) is 4.93. The summed E-state index contributed by atoms with van der Waals surface area (Å²) in [6.07, 6.45) is -0.482. The van der Waals surface area contributed by atoms with Crippen molar-refractivity contribution in [1.29, 1.82) is 0 Å². The van der Waals surface area contributed by atoms with Crippen molar-refractivity contribution in [3.05, 3.63) is 29.3 Å². The summed E-state index contributed by atoms with van der Waals surface area (Å²) in [5.74, 6) is 0.616. The molecule has 134 valence electrons. The predicted octanol–water partition coefficient (Wildman–Crippen LogP) is 1.16. The smallest absolute Gasteiger partial charge is 0.257 e. The van der Waals surface area contributed by atoms with Gasteiger partial charge in [0.1, 0.15) is 5.75 Å². The molecule has 1 aliphatic rings. The minimum absolute atomic E-state index is 0.00469. The Kier molecular flexibility index (Phi) is 7.02. The van der Waals surface area contributed by atoms with Crippen LogP contribution in [0.2, 0.25) is 0 Å². The van der Waals surface area contributed by atoms with Gasteiger partial charge in [-0.05, 0) is 26.0 Å². The van der Waals surface area contributed by atoms with Crippen LogP contribution in [0.5, 0.6) is 5.75 Å². The first kappa shape index (κ1) is 18.7. The van der Waals surface area contributed by atoms with E-state index in [1.54, 1.807) is 7.11 Å². The molecule has 1 N–H and O–H groups in total. The second-order valence-electron chi connectivity index (χ2n) is 6.11. The van der Waals surface area contributed by atoms with Crippen LogP contribution in [0, 0.1) is 6.92 Å². The standard InChI is InChI=1S/C18H28N2O4/c1-4-24-13-15(21)12-19-7-9-20(10-8-19)18(22)16-11-14(2)5-6-17(16)23-3/h5-6,11,15,21H,4,7-10,12-13H2,1-3H3. The number of benzene rings is 1. The summed E-state index contributed by atoms with van der Waals surface area (Å²) in [5.41, 5.74) is 1.65. The zero-order valence-electron chi connectivity index (χ0n) is 14.8. The van der Waals surface area contributed by atoms with E-state index in [4.69, 9.17) is 9.47 Å². The maximum Gasteiger partial charge on any atom is 0.257 e. The lowest BCUT2D eigenvalue weighted by atomic mass is 10.1. The van der Waals surface area contributed by atoms with E-state index in [2.05, 4.69) is 4.90 Å². The van der Waals surface area contributed by atoms with Crippen LogP contribution in [0.25, 0.3) is 0 Å². The number of hydrogen-bond acceptors (Lipinski definition) is 5. The molecule has 1 aromatic carbocycles. The van der Waals surface area contributed by atoms with Gasteiger partial charge in [-0.2, -0.15) is 0 Å². The van der Waals surface area contributed by atoms with Crippen molar-refractivity contribution in [2.75, 3.05) is 53.0 Å². The van der Waals surface area contributed by atoms with Crippen molar-refractivity contribution >= 4 is 5.91 Å². The summed E-state index contributed by atoms with van der Waals surface area (Å²) in [6.45, 7) is 8.23. The number of aryl methyl sites for hydroxylation is 1. The van der Waals surface area contributed by atoms with Crippen LogP contribution in [0.15, 0.2) is 18.2 Å². The lowest BCUT2D eigenvalue weighted by Crippen LogP contribution is -2.50. The van der Waals surface area contributed by atoms with Crippen molar-refractivity contribution in [2.24, 2.45) is 0 Å². The van der Waals surface area contributed by atoms with Gasteiger partial charge in [0.15, 0.2) is 0 Å². The fourth-order valence-electron chi connectivity index (χ4n) is 2.90. The highest BCUT2D eigenvalue weighted by Gasteiger charge is 2.25. The van der Waals surface area contributed by atoms with Gasteiger partial charge in [-0.1, -0.05) is 11.6 Å². The molecule has 0 aromatic heterocycles. The number of hydrogen-bond donors (Lipinski definition) is 1. The Morgan fingerprint density at radius 1 is 1.29 bits per heavy atom. The van der Waals surface area contributed by atoms with Gasteiger partial charge in [0, 0.05) is 39.3 Å². The van der Waals surface area contributed by atoms with Crippen LogP contribution in [-0.2, 0) is 4.74 Å². The number of aliphatic hydroxyl groups excluding tert-OH is 1. The molecule has 2 rings (SSSR count). The number of nitrogens with zero attached hydrogens (tertiary/aromatic N) is 2. The van der Waals surface area contributed by atoms with Crippen LogP contribution in [0.4, 0.5) is 0 Å². The van der Waals surface area contributed by atoms with Crippen molar-refractivity contribution < 1.29 is 19.4 Å².